The molecule has 2 heterocycles. The molecule has 0 bridgehead atoms. The Kier molecular flexibility index (Phi) is 9.43. The molecule has 1 unspecified atom stereocenters. The molecular formula is C19H33Cl2N3. The zero-order chi connectivity index (χ0) is 15.4. The van der Waals surface area contributed by atoms with Gasteiger partial charge in [-0.15, -0.1) is 24.8 Å². The highest BCUT2D eigenvalue weighted by Crippen LogP contribution is 2.32. The summed E-state index contributed by atoms with van der Waals surface area (Å²) in [5.74, 6) is 0.704. The Hall–Kier alpha value is -0.480. The van der Waals surface area contributed by atoms with Crippen LogP contribution in [-0.4, -0.2) is 44.2 Å². The van der Waals surface area contributed by atoms with Crippen molar-refractivity contribution >= 4 is 30.5 Å². The summed E-state index contributed by atoms with van der Waals surface area (Å²) in [6, 6.07) is 10.0. The highest BCUT2D eigenvalue weighted by Gasteiger charge is 2.26. The van der Waals surface area contributed by atoms with Crippen molar-refractivity contribution in [2.24, 2.45) is 5.92 Å². The molecule has 0 saturated carbocycles. The van der Waals surface area contributed by atoms with Gasteiger partial charge in [-0.25, -0.2) is 0 Å². The second-order valence-corrected chi connectivity index (χ2v) is 6.90. The van der Waals surface area contributed by atoms with Crippen molar-refractivity contribution in [1.82, 2.24) is 10.2 Å². The van der Waals surface area contributed by atoms with E-state index in [4.69, 9.17) is 0 Å². The molecule has 2 fully saturated rings. The molecule has 3 rings (SSSR count). The van der Waals surface area contributed by atoms with Crippen LogP contribution >= 0.6 is 24.8 Å². The van der Waals surface area contributed by atoms with Crippen LogP contribution in [0.25, 0.3) is 0 Å². The van der Waals surface area contributed by atoms with Crippen molar-refractivity contribution in [3.63, 3.8) is 0 Å². The van der Waals surface area contributed by atoms with Crippen LogP contribution in [0.15, 0.2) is 24.3 Å². The maximum absolute atomic E-state index is 3.48. The van der Waals surface area contributed by atoms with Crippen molar-refractivity contribution < 1.29 is 0 Å². The Morgan fingerprint density at radius 1 is 0.958 bits per heavy atom. The lowest BCUT2D eigenvalue weighted by Crippen LogP contribution is -2.46. The molecule has 0 radical (unpaired) electrons. The van der Waals surface area contributed by atoms with E-state index in [0.717, 1.165) is 13.1 Å². The van der Waals surface area contributed by atoms with Crippen LogP contribution < -0.4 is 10.2 Å². The third kappa shape index (κ3) is 5.01. The normalized spacial score (nSPS) is 20.8. The molecule has 2 aliphatic heterocycles. The fourth-order valence-electron chi connectivity index (χ4n) is 3.94. The molecule has 138 valence electrons. The summed E-state index contributed by atoms with van der Waals surface area (Å²) < 4.78 is 0. The molecule has 5 heteroatoms. The molecule has 2 atom stereocenters. The lowest BCUT2D eigenvalue weighted by molar-refractivity contribution is 0.128. The van der Waals surface area contributed by atoms with E-state index in [1.54, 1.807) is 0 Å². The smallest absolute Gasteiger partial charge is 0.0374 e. The monoisotopic (exact) mass is 373 g/mol. The van der Waals surface area contributed by atoms with Crippen LogP contribution in [0.5, 0.6) is 0 Å². The third-order valence-electron chi connectivity index (χ3n) is 5.43. The van der Waals surface area contributed by atoms with E-state index < -0.39 is 0 Å². The molecule has 24 heavy (non-hydrogen) atoms. The summed E-state index contributed by atoms with van der Waals surface area (Å²) in [5, 5.41) is 3.48. The van der Waals surface area contributed by atoms with Gasteiger partial charge in [0.15, 0.2) is 0 Å². The minimum absolute atomic E-state index is 0. The van der Waals surface area contributed by atoms with Crippen molar-refractivity contribution in [3.8, 4) is 0 Å². The summed E-state index contributed by atoms with van der Waals surface area (Å²) in [6.07, 6.45) is 3.93. The van der Waals surface area contributed by atoms with Gasteiger partial charge in [0.1, 0.15) is 0 Å². The van der Waals surface area contributed by atoms with Gasteiger partial charge in [-0.05, 0) is 36.5 Å². The van der Waals surface area contributed by atoms with Crippen LogP contribution in [-0.2, 0) is 0 Å². The van der Waals surface area contributed by atoms with E-state index in [1.165, 1.54) is 56.7 Å². The van der Waals surface area contributed by atoms with Gasteiger partial charge in [0.05, 0.1) is 0 Å². The lowest BCUT2D eigenvalue weighted by atomic mass is 9.90. The van der Waals surface area contributed by atoms with E-state index >= 15 is 0 Å². The van der Waals surface area contributed by atoms with E-state index in [-0.39, 0.29) is 24.8 Å². The summed E-state index contributed by atoms with van der Waals surface area (Å²) in [7, 11) is 0. The van der Waals surface area contributed by atoms with Gasteiger partial charge in [-0.2, -0.15) is 0 Å². The Labute approximate surface area is 160 Å². The predicted octanol–water partition coefficient (Wildman–Crippen LogP) is 4.12. The number of nitrogens with zero attached hydrogens (tertiary/aromatic N) is 2. The number of nitrogens with one attached hydrogen (secondary N) is 1. The van der Waals surface area contributed by atoms with Gasteiger partial charge in [0, 0.05) is 51.0 Å². The average Bonchev–Trinajstić information content (AvgIpc) is 3.11. The first kappa shape index (κ1) is 21.6. The maximum Gasteiger partial charge on any atom is 0.0374 e. The Morgan fingerprint density at radius 3 is 2.08 bits per heavy atom. The number of halogens is 2. The minimum Gasteiger partial charge on any atom is -0.372 e. The van der Waals surface area contributed by atoms with Crippen LogP contribution in [0.4, 0.5) is 5.69 Å². The van der Waals surface area contributed by atoms with Crippen molar-refractivity contribution in [2.45, 2.75) is 39.2 Å². The Morgan fingerprint density at radius 2 is 1.54 bits per heavy atom. The van der Waals surface area contributed by atoms with Crippen LogP contribution in [0, 0.1) is 5.92 Å². The van der Waals surface area contributed by atoms with Crippen molar-refractivity contribution in [3.05, 3.63) is 29.8 Å². The minimum atomic E-state index is 0. The number of hydrogen-bond acceptors (Lipinski definition) is 3. The molecule has 1 N–H and O–H groups in total. The van der Waals surface area contributed by atoms with Gasteiger partial charge in [0.25, 0.3) is 0 Å². The lowest BCUT2D eigenvalue weighted by Gasteiger charge is -2.38. The zero-order valence-electron chi connectivity index (χ0n) is 15.0. The topological polar surface area (TPSA) is 18.5 Å². The quantitative estimate of drug-likeness (QED) is 0.836. The van der Waals surface area contributed by atoms with Gasteiger partial charge in [0.2, 0.25) is 0 Å². The summed E-state index contributed by atoms with van der Waals surface area (Å²) in [6.45, 7) is 11.8. The molecular weight excluding hydrogens is 341 g/mol. The zero-order valence-corrected chi connectivity index (χ0v) is 16.7. The average molecular weight is 374 g/mol. The first-order chi connectivity index (χ1) is 10.8. The van der Waals surface area contributed by atoms with Gasteiger partial charge < -0.3 is 10.2 Å². The van der Waals surface area contributed by atoms with Crippen molar-refractivity contribution in [1.29, 1.82) is 0 Å². The number of benzene rings is 1. The van der Waals surface area contributed by atoms with Gasteiger partial charge in [-0.3, -0.25) is 4.90 Å². The highest BCUT2D eigenvalue weighted by molar-refractivity contribution is 5.85. The fourth-order valence-corrected chi connectivity index (χ4v) is 3.94. The first-order valence-electron chi connectivity index (χ1n) is 9.09. The molecule has 1 aromatic carbocycles. The number of piperazine rings is 1. The summed E-state index contributed by atoms with van der Waals surface area (Å²) in [4.78, 5) is 5.20. The molecule has 0 aliphatic carbocycles. The molecule has 0 spiro atoms. The maximum atomic E-state index is 3.48. The molecule has 2 aliphatic rings. The first-order valence-corrected chi connectivity index (χ1v) is 9.09. The van der Waals surface area contributed by atoms with Gasteiger partial charge >= 0.3 is 0 Å². The van der Waals surface area contributed by atoms with E-state index in [9.17, 15) is 0 Å². The Balaban J connectivity index is 0.00000144. The largest absolute Gasteiger partial charge is 0.372 e. The number of rotatable bonds is 5. The Bertz CT molecular complexity index is 454. The number of anilines is 1. The van der Waals surface area contributed by atoms with Crippen LogP contribution in [0.2, 0.25) is 0 Å². The molecule has 0 aromatic heterocycles. The molecule has 1 aromatic rings. The third-order valence-corrected chi connectivity index (χ3v) is 5.43. The number of hydrogen-bond donors (Lipinski definition) is 1. The summed E-state index contributed by atoms with van der Waals surface area (Å²) in [5.41, 5.74) is 2.91. The van der Waals surface area contributed by atoms with E-state index in [0.29, 0.717) is 12.0 Å². The van der Waals surface area contributed by atoms with Crippen molar-refractivity contribution in [2.75, 3.05) is 44.2 Å². The van der Waals surface area contributed by atoms with E-state index in [2.05, 4.69) is 53.2 Å². The standard InChI is InChI=1S/C19H31N3.2ClH/c1-3-16(2)19(22-14-10-20-11-15-22)17-6-8-18(9-7-17)21-12-4-5-13-21;;/h6-9,16,19-20H,3-5,10-15H2,1-2H3;2*1H/t16?,19-;;/m0../s1. The highest BCUT2D eigenvalue weighted by atomic mass is 35.5. The van der Waals surface area contributed by atoms with E-state index in [1.807, 2.05) is 0 Å². The fraction of sp³-hybridized carbons (Fsp3) is 0.684. The summed E-state index contributed by atoms with van der Waals surface area (Å²) >= 11 is 0. The molecule has 0 amide bonds. The van der Waals surface area contributed by atoms with Crippen LogP contribution in [0.3, 0.4) is 0 Å². The van der Waals surface area contributed by atoms with Gasteiger partial charge in [-0.1, -0.05) is 32.4 Å². The van der Waals surface area contributed by atoms with Crippen LogP contribution in [0.1, 0.15) is 44.7 Å². The second-order valence-electron chi connectivity index (χ2n) is 6.90. The second kappa shape index (κ2) is 10.5. The molecule has 2 saturated heterocycles. The predicted molar refractivity (Wildman–Crippen MR) is 109 cm³/mol. The SMILES string of the molecule is CCC(C)[C@@H](c1ccc(N2CCCC2)cc1)N1CCNCC1.Cl.Cl. The molecule has 3 nitrogen and oxygen atoms in total.